The average Bonchev–Trinajstić information content (AvgIpc) is 3.04. The van der Waals surface area contributed by atoms with E-state index in [-0.39, 0.29) is 17.6 Å². The number of aromatic nitrogens is 1. The standard InChI is InChI=1S/C29H29N3O3S/c1-18-13-19(2)15-21(14-18)32-25(33)17-36-29-26(22-10-6-7-11-23(22)31(29)3)27(32)28(34)30-16-20-9-5-8-12-24(20)35-4/h5-15,27H,16-17H2,1-4H3,(H,30,34). The Kier molecular flexibility index (Phi) is 6.49. The minimum Gasteiger partial charge on any atom is -0.496 e. The lowest BCUT2D eigenvalue weighted by atomic mass is 10.0. The number of amides is 2. The third kappa shape index (κ3) is 4.24. The van der Waals surface area contributed by atoms with Crippen LogP contribution < -0.4 is 15.0 Å². The topological polar surface area (TPSA) is 63.6 Å². The number of para-hydroxylation sites is 2. The number of aryl methyl sites for hydroxylation is 3. The van der Waals surface area contributed by atoms with Gasteiger partial charge in [0.05, 0.1) is 17.9 Å². The van der Waals surface area contributed by atoms with E-state index in [2.05, 4.69) is 22.0 Å². The molecule has 0 fully saturated rings. The number of ether oxygens (including phenoxy) is 1. The van der Waals surface area contributed by atoms with Gasteiger partial charge in [-0.25, -0.2) is 0 Å². The van der Waals surface area contributed by atoms with Crippen LogP contribution in [0.15, 0.2) is 71.8 Å². The number of methoxy groups -OCH3 is 1. The van der Waals surface area contributed by atoms with E-state index in [0.717, 1.165) is 43.9 Å². The molecule has 1 aromatic heterocycles. The van der Waals surface area contributed by atoms with Crippen LogP contribution in [0.1, 0.15) is 28.3 Å². The molecule has 0 saturated heterocycles. The maximum absolute atomic E-state index is 14.1. The van der Waals surface area contributed by atoms with Crippen LogP contribution in [0.25, 0.3) is 10.9 Å². The lowest BCUT2D eigenvalue weighted by Crippen LogP contribution is -2.44. The van der Waals surface area contributed by atoms with Gasteiger partial charge in [0.2, 0.25) is 11.8 Å². The van der Waals surface area contributed by atoms with Crippen molar-refractivity contribution in [3.05, 3.63) is 89.0 Å². The molecule has 2 amide bonds. The zero-order chi connectivity index (χ0) is 25.4. The first-order valence-corrected chi connectivity index (χ1v) is 12.9. The maximum atomic E-state index is 14.1. The van der Waals surface area contributed by atoms with Gasteiger partial charge < -0.3 is 14.6 Å². The highest BCUT2D eigenvalue weighted by atomic mass is 32.2. The number of hydrogen-bond donors (Lipinski definition) is 1. The normalized spacial score (nSPS) is 15.5. The largest absolute Gasteiger partial charge is 0.496 e. The van der Waals surface area contributed by atoms with Crippen LogP contribution in [0.5, 0.6) is 5.75 Å². The Morgan fingerprint density at radius 3 is 2.50 bits per heavy atom. The Labute approximate surface area is 215 Å². The van der Waals surface area contributed by atoms with E-state index in [1.807, 2.05) is 75.5 Å². The van der Waals surface area contributed by atoms with E-state index < -0.39 is 6.04 Å². The van der Waals surface area contributed by atoms with Crippen LogP contribution in [0.3, 0.4) is 0 Å². The summed E-state index contributed by atoms with van der Waals surface area (Å²) in [4.78, 5) is 29.4. The molecule has 7 heteroatoms. The number of carbonyl (C=O) groups excluding carboxylic acids is 2. The van der Waals surface area contributed by atoms with Crippen LogP contribution >= 0.6 is 11.8 Å². The van der Waals surface area contributed by atoms with Gasteiger partial charge in [0, 0.05) is 41.3 Å². The molecular formula is C29H29N3O3S. The minimum atomic E-state index is -0.815. The van der Waals surface area contributed by atoms with Crippen molar-refractivity contribution >= 4 is 40.2 Å². The fraction of sp³-hybridized carbons (Fsp3) is 0.241. The fourth-order valence-corrected chi connectivity index (χ4v) is 6.14. The number of thioether (sulfide) groups is 1. The van der Waals surface area contributed by atoms with Gasteiger partial charge in [0.15, 0.2) is 0 Å². The number of fused-ring (bicyclic) bond motifs is 3. The molecule has 1 aliphatic rings. The van der Waals surface area contributed by atoms with E-state index in [0.29, 0.717) is 12.3 Å². The van der Waals surface area contributed by atoms with Gasteiger partial charge in [-0.2, -0.15) is 0 Å². The van der Waals surface area contributed by atoms with Crippen LogP contribution in [0.2, 0.25) is 0 Å². The van der Waals surface area contributed by atoms with Crippen molar-refractivity contribution in [3.63, 3.8) is 0 Å². The van der Waals surface area contributed by atoms with E-state index in [1.54, 1.807) is 12.0 Å². The Morgan fingerprint density at radius 1 is 1.06 bits per heavy atom. The highest BCUT2D eigenvalue weighted by Crippen LogP contribution is 2.43. The second-order valence-electron chi connectivity index (χ2n) is 9.13. The monoisotopic (exact) mass is 499 g/mol. The van der Waals surface area contributed by atoms with Gasteiger partial charge in [-0.3, -0.25) is 14.5 Å². The molecule has 0 radical (unpaired) electrons. The maximum Gasteiger partial charge on any atom is 0.248 e. The molecule has 1 N–H and O–H groups in total. The van der Waals surface area contributed by atoms with Crippen molar-refractivity contribution in [3.8, 4) is 5.75 Å². The molecular weight excluding hydrogens is 470 g/mol. The van der Waals surface area contributed by atoms with Crippen molar-refractivity contribution in [2.75, 3.05) is 17.8 Å². The van der Waals surface area contributed by atoms with E-state index >= 15 is 0 Å². The summed E-state index contributed by atoms with van der Waals surface area (Å²) in [5.41, 5.74) is 5.59. The zero-order valence-corrected chi connectivity index (χ0v) is 21.7. The van der Waals surface area contributed by atoms with Gasteiger partial charge >= 0.3 is 0 Å². The number of nitrogens with one attached hydrogen (secondary N) is 1. The van der Waals surface area contributed by atoms with Crippen molar-refractivity contribution < 1.29 is 14.3 Å². The van der Waals surface area contributed by atoms with Crippen LogP contribution in [0.4, 0.5) is 5.69 Å². The summed E-state index contributed by atoms with van der Waals surface area (Å²) in [6.45, 7) is 4.31. The predicted octanol–water partition coefficient (Wildman–Crippen LogP) is 5.30. The lowest BCUT2D eigenvalue weighted by Gasteiger charge is -2.30. The number of anilines is 1. The zero-order valence-electron chi connectivity index (χ0n) is 20.9. The van der Waals surface area contributed by atoms with Crippen LogP contribution in [-0.4, -0.2) is 29.2 Å². The van der Waals surface area contributed by atoms with Crippen molar-refractivity contribution in [1.29, 1.82) is 0 Å². The second kappa shape index (κ2) is 9.74. The summed E-state index contributed by atoms with van der Waals surface area (Å²) in [5.74, 6) is 0.638. The number of hydrogen-bond acceptors (Lipinski definition) is 4. The molecule has 4 aromatic rings. The molecule has 6 nitrogen and oxygen atoms in total. The average molecular weight is 500 g/mol. The highest BCUT2D eigenvalue weighted by molar-refractivity contribution is 8.00. The summed E-state index contributed by atoms with van der Waals surface area (Å²) in [6.07, 6.45) is 0. The minimum absolute atomic E-state index is 0.0947. The molecule has 1 atom stereocenters. The number of benzene rings is 3. The van der Waals surface area contributed by atoms with Crippen molar-refractivity contribution in [2.24, 2.45) is 7.05 Å². The summed E-state index contributed by atoms with van der Waals surface area (Å²) in [6, 6.07) is 20.9. The number of rotatable bonds is 5. The molecule has 184 valence electrons. The highest BCUT2D eigenvalue weighted by Gasteiger charge is 2.39. The molecule has 1 unspecified atom stereocenters. The van der Waals surface area contributed by atoms with Gasteiger partial charge in [-0.05, 0) is 49.2 Å². The van der Waals surface area contributed by atoms with Gasteiger partial charge in [-0.15, -0.1) is 0 Å². The summed E-state index contributed by atoms with van der Waals surface area (Å²) < 4.78 is 7.56. The third-order valence-electron chi connectivity index (χ3n) is 6.60. The molecule has 0 spiro atoms. The SMILES string of the molecule is COc1ccccc1CNC(=O)C1c2c(n(C)c3ccccc23)SCC(=O)N1c1cc(C)cc(C)c1. The summed E-state index contributed by atoms with van der Waals surface area (Å²) >= 11 is 1.49. The van der Waals surface area contributed by atoms with Crippen LogP contribution in [-0.2, 0) is 23.2 Å². The first-order chi connectivity index (χ1) is 17.4. The van der Waals surface area contributed by atoms with Crippen molar-refractivity contribution in [2.45, 2.75) is 31.5 Å². The summed E-state index contributed by atoms with van der Waals surface area (Å²) in [5, 5.41) is 5.02. The number of nitrogens with zero attached hydrogens (tertiary/aromatic N) is 2. The second-order valence-corrected chi connectivity index (χ2v) is 10.1. The Hall–Kier alpha value is -3.71. The molecule has 36 heavy (non-hydrogen) atoms. The van der Waals surface area contributed by atoms with Gasteiger partial charge in [0.25, 0.3) is 0 Å². The molecule has 5 rings (SSSR count). The fourth-order valence-electron chi connectivity index (χ4n) is 5.07. The van der Waals surface area contributed by atoms with Crippen LogP contribution in [0, 0.1) is 13.8 Å². The third-order valence-corrected chi connectivity index (χ3v) is 7.76. The molecule has 3 aromatic carbocycles. The predicted molar refractivity (Wildman–Crippen MR) is 145 cm³/mol. The molecule has 0 saturated carbocycles. The molecule has 1 aliphatic heterocycles. The summed E-state index contributed by atoms with van der Waals surface area (Å²) in [7, 11) is 3.61. The lowest BCUT2D eigenvalue weighted by molar-refractivity contribution is -0.125. The van der Waals surface area contributed by atoms with Gasteiger partial charge in [0.1, 0.15) is 11.8 Å². The molecule has 0 aliphatic carbocycles. The Morgan fingerprint density at radius 2 is 1.75 bits per heavy atom. The van der Waals surface area contributed by atoms with E-state index in [4.69, 9.17) is 4.74 Å². The Bertz CT molecular complexity index is 1460. The first-order valence-electron chi connectivity index (χ1n) is 11.9. The number of carbonyl (C=O) groups is 2. The van der Waals surface area contributed by atoms with Crippen molar-refractivity contribution in [1.82, 2.24) is 9.88 Å². The molecule has 0 bridgehead atoms. The smallest absolute Gasteiger partial charge is 0.248 e. The van der Waals surface area contributed by atoms with E-state index in [9.17, 15) is 9.59 Å². The first kappa shape index (κ1) is 24.0. The van der Waals surface area contributed by atoms with Gasteiger partial charge in [-0.1, -0.05) is 54.2 Å². The van der Waals surface area contributed by atoms with E-state index in [1.165, 1.54) is 11.8 Å². The quantitative estimate of drug-likeness (QED) is 0.405. The molecule has 2 heterocycles. The Balaban J connectivity index is 1.66.